The van der Waals surface area contributed by atoms with Crippen LogP contribution in [0.4, 0.5) is 0 Å². The largest absolute Gasteiger partial charge is 0.337 e. The molecule has 23 heavy (non-hydrogen) atoms. The Morgan fingerprint density at radius 3 is 2.65 bits per heavy atom. The predicted octanol–water partition coefficient (Wildman–Crippen LogP) is 0.785. The number of nitrogens with zero attached hydrogens (tertiary/aromatic N) is 2. The van der Waals surface area contributed by atoms with Gasteiger partial charge in [0.05, 0.1) is 5.75 Å². The van der Waals surface area contributed by atoms with Crippen LogP contribution in [0, 0.1) is 0 Å². The van der Waals surface area contributed by atoms with E-state index in [2.05, 4.69) is 4.90 Å². The normalized spacial score (nSPS) is 22.7. The summed E-state index contributed by atoms with van der Waals surface area (Å²) in [5.41, 5.74) is 1.09. The zero-order chi connectivity index (χ0) is 16.4. The second-order valence-electron chi connectivity index (χ2n) is 6.44. The second-order valence-corrected chi connectivity index (χ2v) is 8.06. The van der Waals surface area contributed by atoms with Gasteiger partial charge < -0.3 is 4.90 Å². The van der Waals surface area contributed by atoms with Gasteiger partial charge in [0, 0.05) is 24.7 Å². The Labute approximate surface area is 137 Å². The van der Waals surface area contributed by atoms with Crippen LogP contribution in [-0.4, -0.2) is 56.3 Å². The quantitative estimate of drug-likeness (QED) is 0.880. The number of hydrogen-bond donors (Lipinski definition) is 1. The van der Waals surface area contributed by atoms with Crippen molar-refractivity contribution in [2.24, 2.45) is 5.14 Å². The fraction of sp³-hybridized carbons (Fsp3) is 0.562. The summed E-state index contributed by atoms with van der Waals surface area (Å²) < 4.78 is 22.4. The highest BCUT2D eigenvalue weighted by Gasteiger charge is 2.31. The molecule has 0 aromatic heterocycles. The molecule has 1 atom stereocenters. The number of sulfonamides is 1. The van der Waals surface area contributed by atoms with Gasteiger partial charge in [-0.25, -0.2) is 13.6 Å². The standard InChI is InChI=1S/C16H23N3O3S/c17-23(21,22)12-13-4-3-5-14(10-13)16(20)19-9-6-15(11-19)18-7-1-2-8-18/h3-5,10,15H,1-2,6-9,11-12H2,(H2,17,21,22). The highest BCUT2D eigenvalue weighted by atomic mass is 32.2. The Hall–Kier alpha value is -1.44. The van der Waals surface area contributed by atoms with Crippen molar-refractivity contribution in [3.63, 3.8) is 0 Å². The maximum Gasteiger partial charge on any atom is 0.253 e. The van der Waals surface area contributed by atoms with Gasteiger partial charge in [0.25, 0.3) is 5.91 Å². The van der Waals surface area contributed by atoms with Gasteiger partial charge in [0.15, 0.2) is 0 Å². The average Bonchev–Trinajstić information content (AvgIpc) is 3.16. The van der Waals surface area contributed by atoms with E-state index in [1.165, 1.54) is 12.8 Å². The fourth-order valence-corrected chi connectivity index (χ4v) is 4.18. The van der Waals surface area contributed by atoms with Crippen LogP contribution < -0.4 is 5.14 Å². The van der Waals surface area contributed by atoms with E-state index >= 15 is 0 Å². The maximum atomic E-state index is 12.7. The molecule has 2 N–H and O–H groups in total. The highest BCUT2D eigenvalue weighted by Crippen LogP contribution is 2.22. The molecular formula is C16H23N3O3S. The van der Waals surface area contributed by atoms with Gasteiger partial charge in [-0.15, -0.1) is 0 Å². The van der Waals surface area contributed by atoms with Crippen molar-refractivity contribution in [1.29, 1.82) is 0 Å². The number of hydrogen-bond acceptors (Lipinski definition) is 4. The molecule has 1 amide bonds. The minimum atomic E-state index is -3.59. The van der Waals surface area contributed by atoms with Crippen LogP contribution in [-0.2, 0) is 15.8 Å². The zero-order valence-electron chi connectivity index (χ0n) is 13.1. The molecule has 0 radical (unpaired) electrons. The summed E-state index contributed by atoms with van der Waals surface area (Å²) in [6.45, 7) is 3.80. The zero-order valence-corrected chi connectivity index (χ0v) is 14.0. The molecule has 1 aromatic rings. The second kappa shape index (κ2) is 6.59. The van der Waals surface area contributed by atoms with Crippen molar-refractivity contribution in [2.45, 2.75) is 31.1 Å². The fourth-order valence-electron chi connectivity index (χ4n) is 3.54. The first kappa shape index (κ1) is 16.4. The Morgan fingerprint density at radius 2 is 1.96 bits per heavy atom. The van der Waals surface area contributed by atoms with E-state index in [1.54, 1.807) is 24.3 Å². The van der Waals surface area contributed by atoms with Gasteiger partial charge in [-0.1, -0.05) is 12.1 Å². The summed E-state index contributed by atoms with van der Waals surface area (Å²) in [6.07, 6.45) is 3.52. The Morgan fingerprint density at radius 1 is 1.22 bits per heavy atom. The van der Waals surface area contributed by atoms with Crippen molar-refractivity contribution in [1.82, 2.24) is 9.80 Å². The summed E-state index contributed by atoms with van der Waals surface area (Å²) in [6, 6.07) is 7.22. The number of carbonyl (C=O) groups excluding carboxylic acids is 1. The molecule has 0 spiro atoms. The van der Waals surface area contributed by atoms with Crippen LogP contribution in [0.1, 0.15) is 35.2 Å². The third-order valence-electron chi connectivity index (χ3n) is 4.65. The third-order valence-corrected chi connectivity index (χ3v) is 5.39. The van der Waals surface area contributed by atoms with Gasteiger partial charge in [-0.2, -0.15) is 0 Å². The lowest BCUT2D eigenvalue weighted by atomic mass is 10.1. The van der Waals surface area contributed by atoms with Crippen molar-refractivity contribution in [3.05, 3.63) is 35.4 Å². The van der Waals surface area contributed by atoms with Gasteiger partial charge in [0.1, 0.15) is 0 Å². The van der Waals surface area contributed by atoms with Crippen molar-refractivity contribution in [2.75, 3.05) is 26.2 Å². The number of amides is 1. The number of primary sulfonamides is 1. The molecule has 7 heteroatoms. The number of rotatable bonds is 4. The first-order valence-electron chi connectivity index (χ1n) is 8.05. The van der Waals surface area contributed by atoms with Crippen molar-refractivity contribution in [3.8, 4) is 0 Å². The van der Waals surface area contributed by atoms with Gasteiger partial charge in [-0.3, -0.25) is 9.69 Å². The molecular weight excluding hydrogens is 314 g/mol. The molecule has 2 fully saturated rings. The molecule has 3 rings (SSSR count). The first-order chi connectivity index (χ1) is 10.9. The van der Waals surface area contributed by atoms with E-state index in [0.717, 1.165) is 32.6 Å². The molecule has 126 valence electrons. The van der Waals surface area contributed by atoms with E-state index in [0.29, 0.717) is 17.2 Å². The Bertz CT molecular complexity index is 684. The van der Waals surface area contributed by atoms with Crippen LogP contribution in [0.15, 0.2) is 24.3 Å². The molecule has 2 aliphatic heterocycles. The minimum Gasteiger partial charge on any atom is -0.337 e. The van der Waals surface area contributed by atoms with Crippen molar-refractivity contribution >= 4 is 15.9 Å². The van der Waals surface area contributed by atoms with Gasteiger partial charge >= 0.3 is 0 Å². The first-order valence-corrected chi connectivity index (χ1v) is 9.77. The monoisotopic (exact) mass is 337 g/mol. The summed E-state index contributed by atoms with van der Waals surface area (Å²) in [5, 5.41) is 5.08. The van der Waals surface area contributed by atoms with Gasteiger partial charge in [0.2, 0.25) is 10.0 Å². The molecule has 0 saturated carbocycles. The highest BCUT2D eigenvalue weighted by molar-refractivity contribution is 7.88. The minimum absolute atomic E-state index is 0.0250. The van der Waals surface area contributed by atoms with E-state index in [-0.39, 0.29) is 11.7 Å². The number of benzene rings is 1. The Balaban J connectivity index is 1.67. The summed E-state index contributed by atoms with van der Waals surface area (Å²) >= 11 is 0. The molecule has 2 heterocycles. The topological polar surface area (TPSA) is 83.7 Å². The van der Waals surface area contributed by atoms with E-state index in [4.69, 9.17) is 5.14 Å². The van der Waals surface area contributed by atoms with Crippen LogP contribution in [0.25, 0.3) is 0 Å². The molecule has 2 aliphatic rings. The summed E-state index contributed by atoms with van der Waals surface area (Å²) in [4.78, 5) is 17.0. The van der Waals surface area contributed by atoms with Crippen LogP contribution in [0.2, 0.25) is 0 Å². The van der Waals surface area contributed by atoms with Crippen LogP contribution >= 0.6 is 0 Å². The van der Waals surface area contributed by atoms with Crippen LogP contribution in [0.5, 0.6) is 0 Å². The molecule has 0 bridgehead atoms. The van der Waals surface area contributed by atoms with Gasteiger partial charge in [-0.05, 0) is 50.0 Å². The SMILES string of the molecule is NS(=O)(=O)Cc1cccc(C(=O)N2CCC(N3CCCC3)C2)c1. The lowest BCUT2D eigenvalue weighted by Gasteiger charge is -2.23. The number of carbonyl (C=O) groups is 1. The van der Waals surface area contributed by atoms with Crippen molar-refractivity contribution < 1.29 is 13.2 Å². The summed E-state index contributed by atoms with van der Waals surface area (Å²) in [5.74, 6) is -0.271. The molecule has 6 nitrogen and oxygen atoms in total. The molecule has 1 aromatic carbocycles. The molecule has 0 aliphatic carbocycles. The van der Waals surface area contributed by atoms with E-state index < -0.39 is 10.0 Å². The Kier molecular flexibility index (Phi) is 4.70. The average molecular weight is 337 g/mol. The van der Waals surface area contributed by atoms with E-state index in [9.17, 15) is 13.2 Å². The predicted molar refractivity (Wildman–Crippen MR) is 88.4 cm³/mol. The third kappa shape index (κ3) is 4.10. The smallest absolute Gasteiger partial charge is 0.253 e. The lowest BCUT2D eigenvalue weighted by molar-refractivity contribution is 0.0780. The van der Waals surface area contributed by atoms with E-state index in [1.807, 2.05) is 4.90 Å². The molecule has 2 saturated heterocycles. The lowest BCUT2D eigenvalue weighted by Crippen LogP contribution is -2.37. The number of likely N-dealkylation sites (tertiary alicyclic amines) is 2. The van der Waals surface area contributed by atoms with Crippen LogP contribution in [0.3, 0.4) is 0 Å². The summed E-state index contributed by atoms with van der Waals surface area (Å²) in [7, 11) is -3.59. The number of nitrogens with two attached hydrogens (primary N) is 1. The molecule has 1 unspecified atom stereocenters. The maximum absolute atomic E-state index is 12.7.